The summed E-state index contributed by atoms with van der Waals surface area (Å²) in [5, 5.41) is 41.5. The minimum Gasteiger partial charge on any atom is -0.480 e. The second kappa shape index (κ2) is 32.3. The standard InChI is InChI=1S/C55H66N4O14/c60-49(30-58(32-51(63)64)28-26-57(31-50(61)62)27-29-59(33-52(65)66)34-53(67)68)56-47(40-69-35-42-16-6-1-7-17-42)54(72-38-45-22-12-4-13-23-45)55(73-39-46-24-14-5-15-25-46)48(71-37-44-20-10-3-11-21-44)41-70-36-43-18-8-2-9-19-43/h1-25,47-48,54-55H,26-41H2,(H,56,60)(H,61,62)(H,63,64)(H,65,66)(H,67,68)/t47-,48+,54-,55-/m1/s1. The van der Waals surface area contributed by atoms with Crippen LogP contribution in [0.25, 0.3) is 0 Å². The third-order valence-corrected chi connectivity index (χ3v) is 11.4. The van der Waals surface area contributed by atoms with Crippen molar-refractivity contribution in [3.8, 4) is 0 Å². The fourth-order valence-corrected chi connectivity index (χ4v) is 7.85. The second-order valence-corrected chi connectivity index (χ2v) is 17.3. The van der Waals surface area contributed by atoms with Crippen molar-refractivity contribution in [3.05, 3.63) is 179 Å². The zero-order chi connectivity index (χ0) is 52.0. The second-order valence-electron chi connectivity index (χ2n) is 17.3. The van der Waals surface area contributed by atoms with E-state index in [4.69, 9.17) is 23.7 Å². The average molecular weight is 1010 g/mol. The van der Waals surface area contributed by atoms with Gasteiger partial charge in [0.05, 0.1) is 85.0 Å². The lowest BCUT2D eigenvalue weighted by atomic mass is 9.99. The van der Waals surface area contributed by atoms with Gasteiger partial charge in [-0.1, -0.05) is 152 Å². The molecule has 5 N–H and O–H groups in total. The summed E-state index contributed by atoms with van der Waals surface area (Å²) in [5.74, 6) is -5.60. The molecule has 4 atom stereocenters. The molecule has 0 heterocycles. The average Bonchev–Trinajstić information content (AvgIpc) is 3.37. The Hall–Kier alpha value is -6.87. The Labute approximate surface area is 425 Å². The number of carbonyl (C=O) groups excluding carboxylic acids is 1. The van der Waals surface area contributed by atoms with Crippen molar-refractivity contribution in [3.63, 3.8) is 0 Å². The predicted octanol–water partition coefficient (Wildman–Crippen LogP) is 4.91. The normalized spacial score (nSPS) is 13.1. The van der Waals surface area contributed by atoms with Crippen LogP contribution in [0.4, 0.5) is 0 Å². The zero-order valence-corrected chi connectivity index (χ0v) is 40.8. The van der Waals surface area contributed by atoms with E-state index in [1.807, 2.05) is 152 Å². The smallest absolute Gasteiger partial charge is 0.317 e. The van der Waals surface area contributed by atoms with Gasteiger partial charge in [-0.2, -0.15) is 0 Å². The number of carboxylic acids is 4. The fourth-order valence-electron chi connectivity index (χ4n) is 7.85. The van der Waals surface area contributed by atoms with Crippen molar-refractivity contribution < 1.29 is 68.1 Å². The highest BCUT2D eigenvalue weighted by Crippen LogP contribution is 2.23. The van der Waals surface area contributed by atoms with Gasteiger partial charge in [-0.25, -0.2) is 0 Å². The molecule has 1 amide bonds. The van der Waals surface area contributed by atoms with Gasteiger partial charge in [0, 0.05) is 26.2 Å². The van der Waals surface area contributed by atoms with Gasteiger partial charge in [0.15, 0.2) is 0 Å². The molecule has 0 saturated heterocycles. The Morgan fingerprint density at radius 1 is 0.384 bits per heavy atom. The van der Waals surface area contributed by atoms with Gasteiger partial charge in [-0.05, 0) is 27.8 Å². The molecule has 5 rings (SSSR count). The van der Waals surface area contributed by atoms with Crippen LogP contribution in [0.15, 0.2) is 152 Å². The van der Waals surface area contributed by atoms with Gasteiger partial charge >= 0.3 is 23.9 Å². The van der Waals surface area contributed by atoms with Crippen LogP contribution in [0.2, 0.25) is 0 Å². The van der Waals surface area contributed by atoms with Crippen molar-refractivity contribution in [1.29, 1.82) is 0 Å². The topological polar surface area (TPSA) is 234 Å². The van der Waals surface area contributed by atoms with E-state index in [2.05, 4.69) is 5.32 Å². The van der Waals surface area contributed by atoms with Crippen LogP contribution < -0.4 is 5.32 Å². The number of nitrogens with one attached hydrogen (secondary N) is 1. The number of carbonyl (C=O) groups is 5. The van der Waals surface area contributed by atoms with E-state index < -0.39 is 86.9 Å². The lowest BCUT2D eigenvalue weighted by Gasteiger charge is -2.38. The number of nitrogens with zero attached hydrogens (tertiary/aromatic N) is 3. The van der Waals surface area contributed by atoms with Gasteiger partial charge in [0.2, 0.25) is 5.91 Å². The highest BCUT2D eigenvalue weighted by molar-refractivity contribution is 5.79. The van der Waals surface area contributed by atoms with Crippen LogP contribution in [0.5, 0.6) is 0 Å². The first-order valence-corrected chi connectivity index (χ1v) is 23.9. The number of benzene rings is 5. The van der Waals surface area contributed by atoms with Gasteiger partial charge in [0.1, 0.15) is 18.3 Å². The number of rotatable bonds is 37. The summed E-state index contributed by atoms with van der Waals surface area (Å²) in [6, 6.07) is 46.9. The van der Waals surface area contributed by atoms with Crippen molar-refractivity contribution in [2.45, 2.75) is 57.4 Å². The number of aliphatic carboxylic acids is 4. The van der Waals surface area contributed by atoms with Crippen LogP contribution in [0.3, 0.4) is 0 Å². The maximum absolute atomic E-state index is 14.5. The molecular formula is C55H66N4O14. The van der Waals surface area contributed by atoms with Gasteiger partial charge in [0.25, 0.3) is 0 Å². The van der Waals surface area contributed by atoms with Crippen molar-refractivity contribution >= 4 is 29.8 Å². The Bertz CT molecular complexity index is 2360. The van der Waals surface area contributed by atoms with E-state index in [0.717, 1.165) is 32.7 Å². The summed E-state index contributed by atoms with van der Waals surface area (Å²) in [4.78, 5) is 65.5. The van der Waals surface area contributed by atoms with Crippen molar-refractivity contribution in [2.75, 3.05) is 72.1 Å². The molecule has 73 heavy (non-hydrogen) atoms. The number of ether oxygens (including phenoxy) is 5. The molecule has 0 radical (unpaired) electrons. The molecular weight excluding hydrogens is 941 g/mol. The molecule has 390 valence electrons. The van der Waals surface area contributed by atoms with Gasteiger partial charge < -0.3 is 49.4 Å². The molecule has 0 bridgehead atoms. The highest BCUT2D eigenvalue weighted by atomic mass is 16.6. The van der Waals surface area contributed by atoms with E-state index in [1.54, 1.807) is 0 Å². The van der Waals surface area contributed by atoms with E-state index in [9.17, 15) is 44.4 Å². The predicted molar refractivity (Wildman–Crippen MR) is 269 cm³/mol. The maximum Gasteiger partial charge on any atom is 0.317 e. The van der Waals surface area contributed by atoms with Gasteiger partial charge in [-0.3, -0.25) is 38.7 Å². The molecule has 0 saturated carbocycles. The van der Waals surface area contributed by atoms with Crippen molar-refractivity contribution in [2.24, 2.45) is 0 Å². The highest BCUT2D eigenvalue weighted by Gasteiger charge is 2.39. The summed E-state index contributed by atoms with van der Waals surface area (Å²) < 4.78 is 33.4. The molecule has 5 aromatic carbocycles. The van der Waals surface area contributed by atoms with Crippen molar-refractivity contribution in [1.82, 2.24) is 20.0 Å². The van der Waals surface area contributed by atoms with Gasteiger partial charge in [-0.15, -0.1) is 0 Å². The van der Waals surface area contributed by atoms with Crippen LogP contribution in [-0.2, 0) is 80.7 Å². The third-order valence-electron chi connectivity index (χ3n) is 11.4. The van der Waals surface area contributed by atoms with E-state index >= 15 is 0 Å². The third kappa shape index (κ3) is 23.0. The summed E-state index contributed by atoms with van der Waals surface area (Å²) in [5.41, 5.74) is 4.41. The van der Waals surface area contributed by atoms with Crippen LogP contribution >= 0.6 is 0 Å². The molecule has 0 fully saturated rings. The molecule has 0 aliphatic heterocycles. The van der Waals surface area contributed by atoms with Crippen LogP contribution in [0, 0.1) is 0 Å². The summed E-state index contributed by atoms with van der Waals surface area (Å²) >= 11 is 0. The minimum atomic E-state index is -1.26. The molecule has 5 aromatic rings. The fraction of sp³-hybridized carbons (Fsp3) is 0.364. The number of carboxylic acid groups (broad SMARTS) is 4. The number of hydrogen-bond acceptors (Lipinski definition) is 13. The summed E-state index contributed by atoms with van der Waals surface area (Å²) in [6.07, 6.45) is -2.77. The largest absolute Gasteiger partial charge is 0.480 e. The molecule has 0 aromatic heterocycles. The number of amides is 1. The molecule has 0 aliphatic carbocycles. The summed E-state index contributed by atoms with van der Waals surface area (Å²) in [7, 11) is 0. The summed E-state index contributed by atoms with van der Waals surface area (Å²) in [6.45, 7) is -2.34. The first-order valence-electron chi connectivity index (χ1n) is 23.9. The van der Waals surface area contributed by atoms with E-state index in [-0.39, 0.29) is 72.4 Å². The van der Waals surface area contributed by atoms with Crippen LogP contribution in [-0.4, -0.2) is 161 Å². The zero-order valence-electron chi connectivity index (χ0n) is 40.8. The first-order chi connectivity index (χ1) is 35.4. The van der Waals surface area contributed by atoms with E-state index in [1.165, 1.54) is 9.80 Å². The Balaban J connectivity index is 1.49. The Kier molecular flexibility index (Phi) is 25.2. The lowest BCUT2D eigenvalue weighted by molar-refractivity contribution is -0.179. The monoisotopic (exact) mass is 1010 g/mol. The molecule has 18 nitrogen and oxygen atoms in total. The minimum absolute atomic E-state index is 0.0432. The lowest BCUT2D eigenvalue weighted by Crippen LogP contribution is -2.58. The Morgan fingerprint density at radius 3 is 1.10 bits per heavy atom. The Morgan fingerprint density at radius 2 is 0.699 bits per heavy atom. The van der Waals surface area contributed by atoms with E-state index in [0.29, 0.717) is 0 Å². The number of hydrogen-bond donors (Lipinski definition) is 5. The first kappa shape index (κ1) is 57.0. The molecule has 0 unspecified atom stereocenters. The van der Waals surface area contributed by atoms with Crippen LogP contribution in [0.1, 0.15) is 27.8 Å². The quantitative estimate of drug-likeness (QED) is 0.0356. The SMILES string of the molecule is O=C(O)CN(CCN(CC(=O)O)CC(=O)O)CCN(CC(=O)O)CC(=O)N[C@H](COCc1ccccc1)[C@@H](OCc1ccccc1)[C@H](OCc1ccccc1)[C@H](COCc1ccccc1)OCc1ccccc1. The molecule has 0 spiro atoms. The maximum atomic E-state index is 14.5. The molecule has 18 heteroatoms. The molecule has 0 aliphatic rings.